The molecule has 6 heteroatoms. The highest BCUT2D eigenvalue weighted by Crippen LogP contribution is 2.23. The molecule has 5 nitrogen and oxygen atoms in total. The molecule has 1 fully saturated rings. The number of urea groups is 1. The monoisotopic (exact) mass is 339 g/mol. The second-order valence-electron chi connectivity index (χ2n) is 5.29. The van der Waals surface area contributed by atoms with Gasteiger partial charge >= 0.3 is 6.03 Å². The van der Waals surface area contributed by atoms with Gasteiger partial charge in [-0.15, -0.1) is 0 Å². The standard InChI is InChI=1S/C18H17N3O2S/c19-13-14-1-5-16(6-2-14)23-17-7-3-15(4-8-17)20-18(22)21-9-11-24-12-10-21/h1-8H,9-12H2,(H,20,22). The maximum absolute atomic E-state index is 12.2. The number of carbonyl (C=O) groups excluding carboxylic acids is 1. The molecule has 1 aliphatic rings. The fourth-order valence-corrected chi connectivity index (χ4v) is 3.21. The largest absolute Gasteiger partial charge is 0.457 e. The summed E-state index contributed by atoms with van der Waals surface area (Å²) >= 11 is 1.87. The zero-order valence-electron chi connectivity index (χ0n) is 13.1. The van der Waals surface area contributed by atoms with E-state index in [4.69, 9.17) is 10.00 Å². The summed E-state index contributed by atoms with van der Waals surface area (Å²) in [4.78, 5) is 14.0. The van der Waals surface area contributed by atoms with Gasteiger partial charge < -0.3 is 15.0 Å². The molecule has 0 radical (unpaired) electrons. The number of carbonyl (C=O) groups is 1. The van der Waals surface area contributed by atoms with Gasteiger partial charge in [0.2, 0.25) is 0 Å². The van der Waals surface area contributed by atoms with E-state index in [0.29, 0.717) is 17.1 Å². The Morgan fingerprint density at radius 3 is 2.21 bits per heavy atom. The van der Waals surface area contributed by atoms with E-state index in [1.54, 1.807) is 36.4 Å². The molecule has 0 spiro atoms. The van der Waals surface area contributed by atoms with Crippen molar-refractivity contribution >= 4 is 23.5 Å². The fraction of sp³-hybridized carbons (Fsp3) is 0.222. The van der Waals surface area contributed by atoms with E-state index in [1.165, 1.54) is 0 Å². The Labute approximate surface area is 145 Å². The molecular formula is C18H17N3O2S. The number of hydrogen-bond donors (Lipinski definition) is 1. The van der Waals surface area contributed by atoms with E-state index < -0.39 is 0 Å². The Hall–Kier alpha value is -2.65. The Kier molecular flexibility index (Phi) is 5.24. The van der Waals surface area contributed by atoms with Gasteiger partial charge in [-0.1, -0.05) is 0 Å². The van der Waals surface area contributed by atoms with Crippen LogP contribution in [0.5, 0.6) is 11.5 Å². The van der Waals surface area contributed by atoms with E-state index >= 15 is 0 Å². The molecule has 0 unspecified atom stereocenters. The molecule has 122 valence electrons. The lowest BCUT2D eigenvalue weighted by Crippen LogP contribution is -2.40. The molecule has 2 amide bonds. The smallest absolute Gasteiger partial charge is 0.321 e. The summed E-state index contributed by atoms with van der Waals surface area (Å²) in [6, 6.07) is 16.2. The summed E-state index contributed by atoms with van der Waals surface area (Å²) in [7, 11) is 0. The number of nitrogens with zero attached hydrogens (tertiary/aromatic N) is 2. The third-order valence-electron chi connectivity index (χ3n) is 3.62. The minimum absolute atomic E-state index is 0.0592. The highest BCUT2D eigenvalue weighted by Gasteiger charge is 2.16. The zero-order chi connectivity index (χ0) is 16.8. The topological polar surface area (TPSA) is 65.4 Å². The first-order chi connectivity index (χ1) is 11.7. The first-order valence-electron chi connectivity index (χ1n) is 7.66. The van der Waals surface area contributed by atoms with Gasteiger partial charge in [0, 0.05) is 30.3 Å². The summed E-state index contributed by atoms with van der Waals surface area (Å²) in [5.74, 6) is 3.32. The average molecular weight is 339 g/mol. The summed E-state index contributed by atoms with van der Waals surface area (Å²) < 4.78 is 5.72. The maximum atomic E-state index is 12.2. The van der Waals surface area contributed by atoms with Crippen molar-refractivity contribution in [2.75, 3.05) is 29.9 Å². The molecule has 0 atom stereocenters. The second-order valence-corrected chi connectivity index (χ2v) is 6.52. The van der Waals surface area contributed by atoms with Gasteiger partial charge in [0.15, 0.2) is 0 Å². The van der Waals surface area contributed by atoms with E-state index in [9.17, 15) is 4.79 Å². The highest BCUT2D eigenvalue weighted by molar-refractivity contribution is 7.99. The molecule has 0 bridgehead atoms. The quantitative estimate of drug-likeness (QED) is 0.920. The summed E-state index contributed by atoms with van der Waals surface area (Å²) in [6.07, 6.45) is 0. The maximum Gasteiger partial charge on any atom is 0.321 e. The molecule has 1 N–H and O–H groups in total. The van der Waals surface area contributed by atoms with Gasteiger partial charge in [-0.25, -0.2) is 4.79 Å². The molecule has 1 heterocycles. The van der Waals surface area contributed by atoms with E-state index in [1.807, 2.05) is 28.8 Å². The molecule has 0 saturated carbocycles. The van der Waals surface area contributed by atoms with Crippen LogP contribution >= 0.6 is 11.8 Å². The highest BCUT2D eigenvalue weighted by atomic mass is 32.2. The minimum Gasteiger partial charge on any atom is -0.457 e. The van der Waals surface area contributed by atoms with Crippen LogP contribution in [0.2, 0.25) is 0 Å². The number of nitriles is 1. The number of thioether (sulfide) groups is 1. The Morgan fingerprint density at radius 1 is 1.04 bits per heavy atom. The normalized spacial score (nSPS) is 13.9. The van der Waals surface area contributed by atoms with E-state index in [0.717, 1.165) is 30.3 Å². The predicted molar refractivity (Wildman–Crippen MR) is 95.6 cm³/mol. The number of nitrogens with one attached hydrogen (secondary N) is 1. The first kappa shape index (κ1) is 16.2. The van der Waals surface area contributed by atoms with Crippen molar-refractivity contribution in [3.05, 3.63) is 54.1 Å². The lowest BCUT2D eigenvalue weighted by atomic mass is 10.2. The van der Waals surface area contributed by atoms with Crippen molar-refractivity contribution < 1.29 is 9.53 Å². The van der Waals surface area contributed by atoms with Crippen molar-refractivity contribution in [2.45, 2.75) is 0 Å². The van der Waals surface area contributed by atoms with Gasteiger partial charge in [0.1, 0.15) is 11.5 Å². The van der Waals surface area contributed by atoms with Gasteiger partial charge in [-0.2, -0.15) is 17.0 Å². The van der Waals surface area contributed by atoms with Crippen LogP contribution < -0.4 is 10.1 Å². The van der Waals surface area contributed by atoms with Gasteiger partial charge in [0.25, 0.3) is 0 Å². The Morgan fingerprint density at radius 2 is 1.62 bits per heavy atom. The summed E-state index contributed by atoms with van der Waals surface area (Å²) in [5.41, 5.74) is 1.34. The van der Waals surface area contributed by atoms with E-state index in [-0.39, 0.29) is 6.03 Å². The van der Waals surface area contributed by atoms with Crippen LogP contribution in [0.1, 0.15) is 5.56 Å². The summed E-state index contributed by atoms with van der Waals surface area (Å²) in [6.45, 7) is 1.58. The third kappa shape index (κ3) is 4.21. The molecule has 24 heavy (non-hydrogen) atoms. The number of ether oxygens (including phenoxy) is 1. The van der Waals surface area contributed by atoms with Crippen molar-refractivity contribution in [1.29, 1.82) is 5.26 Å². The van der Waals surface area contributed by atoms with Crippen LogP contribution in [0.15, 0.2) is 48.5 Å². The molecule has 3 rings (SSSR count). The van der Waals surface area contributed by atoms with Crippen LogP contribution in [0.4, 0.5) is 10.5 Å². The van der Waals surface area contributed by atoms with Gasteiger partial charge in [0.05, 0.1) is 11.6 Å². The van der Waals surface area contributed by atoms with Gasteiger partial charge in [-0.3, -0.25) is 0 Å². The number of benzene rings is 2. The Bertz CT molecular complexity index is 732. The van der Waals surface area contributed by atoms with Crippen molar-refractivity contribution in [3.8, 4) is 17.6 Å². The predicted octanol–water partition coefficient (Wildman–Crippen LogP) is 3.93. The molecule has 0 aliphatic carbocycles. The number of hydrogen-bond acceptors (Lipinski definition) is 4. The lowest BCUT2D eigenvalue weighted by Gasteiger charge is -2.26. The number of rotatable bonds is 3. The van der Waals surface area contributed by atoms with Crippen LogP contribution in [0, 0.1) is 11.3 Å². The zero-order valence-corrected chi connectivity index (χ0v) is 13.9. The summed E-state index contributed by atoms with van der Waals surface area (Å²) in [5, 5.41) is 11.7. The Balaban J connectivity index is 1.58. The van der Waals surface area contributed by atoms with Crippen molar-refractivity contribution in [2.24, 2.45) is 0 Å². The molecule has 1 saturated heterocycles. The first-order valence-corrected chi connectivity index (χ1v) is 8.82. The minimum atomic E-state index is -0.0592. The van der Waals surface area contributed by atoms with Crippen molar-refractivity contribution in [3.63, 3.8) is 0 Å². The van der Waals surface area contributed by atoms with Crippen LogP contribution in [-0.2, 0) is 0 Å². The number of anilines is 1. The SMILES string of the molecule is N#Cc1ccc(Oc2ccc(NC(=O)N3CCSCC3)cc2)cc1. The van der Waals surface area contributed by atoms with Crippen LogP contribution in [-0.4, -0.2) is 35.5 Å². The fourth-order valence-electron chi connectivity index (χ4n) is 2.31. The molecule has 1 aliphatic heterocycles. The van der Waals surface area contributed by atoms with Gasteiger partial charge in [-0.05, 0) is 48.5 Å². The molecule has 2 aromatic rings. The molecular weight excluding hydrogens is 322 g/mol. The average Bonchev–Trinajstić information content (AvgIpc) is 2.65. The van der Waals surface area contributed by atoms with E-state index in [2.05, 4.69) is 11.4 Å². The molecule has 2 aromatic carbocycles. The third-order valence-corrected chi connectivity index (χ3v) is 4.57. The van der Waals surface area contributed by atoms with Crippen LogP contribution in [0.25, 0.3) is 0 Å². The van der Waals surface area contributed by atoms with Crippen LogP contribution in [0.3, 0.4) is 0 Å². The second kappa shape index (κ2) is 7.75. The lowest BCUT2D eigenvalue weighted by molar-refractivity contribution is 0.217. The molecule has 0 aromatic heterocycles. The van der Waals surface area contributed by atoms with Crippen molar-refractivity contribution in [1.82, 2.24) is 4.90 Å². The number of amides is 2.